The van der Waals surface area contributed by atoms with Gasteiger partial charge in [-0.05, 0) is 29.8 Å². The lowest BCUT2D eigenvalue weighted by Gasteiger charge is -2.09. The Bertz CT molecular complexity index is 794. The van der Waals surface area contributed by atoms with Crippen LogP contribution in [0, 0.1) is 5.82 Å². The third-order valence-electron chi connectivity index (χ3n) is 3.39. The van der Waals surface area contributed by atoms with Gasteiger partial charge in [0.2, 0.25) is 0 Å². The van der Waals surface area contributed by atoms with E-state index in [0.717, 1.165) is 5.56 Å². The molecule has 0 bridgehead atoms. The smallest absolute Gasteiger partial charge is 0.329 e. The van der Waals surface area contributed by atoms with Crippen LogP contribution in [0.1, 0.15) is 11.1 Å². The van der Waals surface area contributed by atoms with Crippen LogP contribution in [0.2, 0.25) is 0 Å². The number of ether oxygens (including phenoxy) is 2. The zero-order chi connectivity index (χ0) is 19.5. The Hall–Kier alpha value is -3.26. The summed E-state index contributed by atoms with van der Waals surface area (Å²) in [6.45, 7) is 0.785. The molecule has 2 aromatic rings. The van der Waals surface area contributed by atoms with E-state index in [-0.39, 0.29) is 19.0 Å². The van der Waals surface area contributed by atoms with Crippen LogP contribution in [0.4, 0.5) is 4.39 Å². The Morgan fingerprint density at radius 3 is 2.59 bits per heavy atom. The Morgan fingerprint density at radius 1 is 1.11 bits per heavy atom. The summed E-state index contributed by atoms with van der Waals surface area (Å²) in [5.74, 6) is -1.46. The van der Waals surface area contributed by atoms with Gasteiger partial charge in [0.1, 0.15) is 18.2 Å². The summed E-state index contributed by atoms with van der Waals surface area (Å²) < 4.78 is 23.4. The number of hydrogen-bond acceptors (Lipinski definition) is 5. The highest BCUT2D eigenvalue weighted by molar-refractivity contribution is 6.35. The summed E-state index contributed by atoms with van der Waals surface area (Å²) in [5, 5.41) is 6.16. The van der Waals surface area contributed by atoms with Crippen molar-refractivity contribution in [1.29, 1.82) is 0 Å². The monoisotopic (exact) mass is 373 g/mol. The van der Waals surface area contributed by atoms with Gasteiger partial charge in [-0.2, -0.15) is 5.10 Å². The third kappa shape index (κ3) is 6.87. The van der Waals surface area contributed by atoms with Gasteiger partial charge in [-0.15, -0.1) is 0 Å². The Labute approximate surface area is 156 Å². The second-order valence-electron chi connectivity index (χ2n) is 5.40. The van der Waals surface area contributed by atoms with Gasteiger partial charge >= 0.3 is 11.8 Å². The molecule has 2 aromatic carbocycles. The normalized spacial score (nSPS) is 10.6. The van der Waals surface area contributed by atoms with Crippen molar-refractivity contribution in [3.63, 3.8) is 0 Å². The van der Waals surface area contributed by atoms with E-state index in [1.165, 1.54) is 25.5 Å². The van der Waals surface area contributed by atoms with E-state index in [1.54, 1.807) is 36.4 Å². The fraction of sp³-hybridized carbons (Fsp3) is 0.211. The maximum Gasteiger partial charge on any atom is 0.329 e. The first-order valence-corrected chi connectivity index (χ1v) is 8.16. The van der Waals surface area contributed by atoms with Gasteiger partial charge in [0, 0.05) is 19.2 Å². The molecule has 0 fully saturated rings. The van der Waals surface area contributed by atoms with Crippen LogP contribution in [0.25, 0.3) is 0 Å². The number of carbonyl (C=O) groups is 2. The molecule has 0 atom stereocenters. The van der Waals surface area contributed by atoms with E-state index in [1.807, 2.05) is 0 Å². The lowest BCUT2D eigenvalue weighted by Crippen LogP contribution is -2.39. The summed E-state index contributed by atoms with van der Waals surface area (Å²) in [5.41, 5.74) is 3.57. The number of hydrazone groups is 1. The van der Waals surface area contributed by atoms with Crippen LogP contribution in [-0.4, -0.2) is 38.3 Å². The van der Waals surface area contributed by atoms with E-state index in [0.29, 0.717) is 17.9 Å². The van der Waals surface area contributed by atoms with Gasteiger partial charge in [-0.3, -0.25) is 9.59 Å². The minimum Gasteiger partial charge on any atom is -0.488 e. The van der Waals surface area contributed by atoms with Gasteiger partial charge in [0.05, 0.1) is 12.8 Å². The predicted molar refractivity (Wildman–Crippen MR) is 97.8 cm³/mol. The van der Waals surface area contributed by atoms with E-state index >= 15 is 0 Å². The van der Waals surface area contributed by atoms with Crippen LogP contribution in [-0.2, 0) is 20.9 Å². The van der Waals surface area contributed by atoms with E-state index < -0.39 is 11.8 Å². The molecule has 2 N–H and O–H groups in total. The standard InChI is InChI=1S/C19H20FN3O4/c1-26-11-10-21-18(24)19(25)23-22-12-15-4-2-3-5-17(15)27-13-14-6-8-16(20)9-7-14/h2-9,12H,10-11,13H2,1H3,(H,21,24)(H,23,25)/b22-12-. The lowest BCUT2D eigenvalue weighted by atomic mass is 10.2. The predicted octanol–water partition coefficient (Wildman–Crippen LogP) is 1.62. The summed E-state index contributed by atoms with van der Waals surface area (Å²) >= 11 is 0. The Balaban J connectivity index is 1.90. The molecule has 0 saturated heterocycles. The van der Waals surface area contributed by atoms with Gasteiger partial charge in [0.25, 0.3) is 0 Å². The van der Waals surface area contributed by atoms with Crippen molar-refractivity contribution in [2.24, 2.45) is 5.10 Å². The molecule has 0 aliphatic heterocycles. The summed E-state index contributed by atoms with van der Waals surface area (Å²) in [7, 11) is 1.49. The average Bonchev–Trinajstić information content (AvgIpc) is 2.68. The van der Waals surface area contributed by atoms with Crippen molar-refractivity contribution in [2.45, 2.75) is 6.61 Å². The molecule has 0 radical (unpaired) electrons. The van der Waals surface area contributed by atoms with E-state index in [9.17, 15) is 14.0 Å². The molecule has 142 valence electrons. The average molecular weight is 373 g/mol. The zero-order valence-corrected chi connectivity index (χ0v) is 14.8. The molecule has 8 heteroatoms. The molecule has 2 rings (SSSR count). The van der Waals surface area contributed by atoms with Crippen molar-refractivity contribution in [3.8, 4) is 5.75 Å². The first kappa shape index (κ1) is 20.1. The third-order valence-corrected chi connectivity index (χ3v) is 3.39. The lowest BCUT2D eigenvalue weighted by molar-refractivity contribution is -0.139. The number of amides is 2. The SMILES string of the molecule is COCCNC(=O)C(=O)N/N=C\c1ccccc1OCc1ccc(F)cc1. The molecule has 0 aliphatic carbocycles. The van der Waals surface area contributed by atoms with E-state index in [4.69, 9.17) is 9.47 Å². The quantitative estimate of drug-likeness (QED) is 0.318. The molecule has 7 nitrogen and oxygen atoms in total. The van der Waals surface area contributed by atoms with Crippen LogP contribution < -0.4 is 15.5 Å². The maximum atomic E-state index is 12.9. The zero-order valence-electron chi connectivity index (χ0n) is 14.8. The number of benzene rings is 2. The number of rotatable bonds is 8. The maximum absolute atomic E-state index is 12.9. The van der Waals surface area contributed by atoms with Crippen LogP contribution in [0.3, 0.4) is 0 Å². The highest BCUT2D eigenvalue weighted by atomic mass is 19.1. The van der Waals surface area contributed by atoms with Crippen LogP contribution in [0.5, 0.6) is 5.75 Å². The number of para-hydroxylation sites is 1. The number of hydrogen-bond donors (Lipinski definition) is 2. The summed E-state index contributed by atoms with van der Waals surface area (Å²) in [6.07, 6.45) is 1.38. The molecule has 0 unspecified atom stereocenters. The fourth-order valence-electron chi connectivity index (χ4n) is 2.02. The van der Waals surface area contributed by atoms with Crippen LogP contribution in [0.15, 0.2) is 53.6 Å². The molecular formula is C19H20FN3O4. The molecule has 2 amide bonds. The van der Waals surface area contributed by atoms with Crippen LogP contribution >= 0.6 is 0 Å². The number of nitrogens with one attached hydrogen (secondary N) is 2. The second kappa shape index (κ2) is 10.7. The molecule has 0 aromatic heterocycles. The van der Waals surface area contributed by atoms with Crippen molar-refractivity contribution >= 4 is 18.0 Å². The van der Waals surface area contributed by atoms with Crippen molar-refractivity contribution in [1.82, 2.24) is 10.7 Å². The highest BCUT2D eigenvalue weighted by Gasteiger charge is 2.11. The first-order valence-electron chi connectivity index (χ1n) is 8.16. The Kier molecular flexibility index (Phi) is 7.92. The number of methoxy groups -OCH3 is 1. The van der Waals surface area contributed by atoms with Gasteiger partial charge < -0.3 is 14.8 Å². The number of nitrogens with zero attached hydrogens (tertiary/aromatic N) is 1. The number of carbonyl (C=O) groups excluding carboxylic acids is 2. The van der Waals surface area contributed by atoms with Gasteiger partial charge in [0.15, 0.2) is 0 Å². The topological polar surface area (TPSA) is 89.0 Å². The molecule has 0 heterocycles. The number of halogens is 1. The summed E-state index contributed by atoms with van der Waals surface area (Å²) in [4.78, 5) is 23.1. The highest BCUT2D eigenvalue weighted by Crippen LogP contribution is 2.17. The van der Waals surface area contributed by atoms with Crippen molar-refractivity contribution in [2.75, 3.05) is 20.3 Å². The van der Waals surface area contributed by atoms with Crippen molar-refractivity contribution in [3.05, 3.63) is 65.5 Å². The molecule has 0 spiro atoms. The largest absolute Gasteiger partial charge is 0.488 e. The molecular weight excluding hydrogens is 353 g/mol. The summed E-state index contributed by atoms with van der Waals surface area (Å²) in [6, 6.07) is 13.0. The fourth-order valence-corrected chi connectivity index (χ4v) is 2.02. The van der Waals surface area contributed by atoms with Gasteiger partial charge in [-0.25, -0.2) is 9.82 Å². The minimum atomic E-state index is -0.882. The molecule has 27 heavy (non-hydrogen) atoms. The first-order chi connectivity index (χ1) is 13.1. The molecule has 0 aliphatic rings. The van der Waals surface area contributed by atoms with Crippen molar-refractivity contribution < 1.29 is 23.5 Å². The molecule has 0 saturated carbocycles. The minimum absolute atomic E-state index is 0.229. The van der Waals surface area contributed by atoms with Gasteiger partial charge in [-0.1, -0.05) is 24.3 Å². The van der Waals surface area contributed by atoms with E-state index in [2.05, 4.69) is 15.8 Å². The Morgan fingerprint density at radius 2 is 1.85 bits per heavy atom. The second-order valence-corrected chi connectivity index (χ2v) is 5.40.